The van der Waals surface area contributed by atoms with Crippen LogP contribution in [0.3, 0.4) is 0 Å². The van der Waals surface area contributed by atoms with Gasteiger partial charge in [-0.2, -0.15) is 0 Å². The Morgan fingerprint density at radius 3 is 1.93 bits per heavy atom. The third kappa shape index (κ3) is 7.67. The summed E-state index contributed by atoms with van der Waals surface area (Å²) in [6, 6.07) is 28.4. The van der Waals surface area contributed by atoms with Crippen LogP contribution in [0.5, 0.6) is 5.75 Å². The van der Waals surface area contributed by atoms with Crippen LogP contribution in [-0.2, 0) is 22.6 Å². The normalized spacial score (nSPS) is 11.3. The average molecular weight is 539 g/mol. The number of hydrogen-bond acceptors (Lipinski definition) is 5. The fourth-order valence-electron chi connectivity index (χ4n) is 4.27. The van der Waals surface area contributed by atoms with Gasteiger partial charge >= 0.3 is 6.09 Å². The Hall–Kier alpha value is -5.18. The number of amides is 3. The van der Waals surface area contributed by atoms with Crippen LogP contribution in [0.1, 0.15) is 28.2 Å². The summed E-state index contributed by atoms with van der Waals surface area (Å²) in [5.41, 5.74) is 3.12. The molecule has 40 heavy (non-hydrogen) atoms. The Balaban J connectivity index is 1.56. The summed E-state index contributed by atoms with van der Waals surface area (Å²) in [6.07, 6.45) is 0.403. The van der Waals surface area contributed by atoms with E-state index in [1.54, 1.807) is 13.2 Å². The van der Waals surface area contributed by atoms with Crippen molar-refractivity contribution in [2.75, 3.05) is 12.4 Å². The number of nitrogens with zero attached hydrogens (tertiary/aromatic N) is 1. The Labute approximate surface area is 232 Å². The van der Waals surface area contributed by atoms with Gasteiger partial charge in [0.25, 0.3) is 0 Å². The van der Waals surface area contributed by atoms with Gasteiger partial charge in [-0.3, -0.25) is 14.9 Å². The zero-order valence-electron chi connectivity index (χ0n) is 21.9. The van der Waals surface area contributed by atoms with Gasteiger partial charge in [-0.15, -0.1) is 0 Å². The number of nitrogens with one attached hydrogen (secondary N) is 3. The van der Waals surface area contributed by atoms with Gasteiger partial charge in [0.1, 0.15) is 17.6 Å². The molecule has 1 unspecified atom stereocenters. The van der Waals surface area contributed by atoms with Crippen LogP contribution in [0.2, 0.25) is 0 Å². The van der Waals surface area contributed by atoms with Gasteiger partial charge in [-0.1, -0.05) is 78.9 Å². The van der Waals surface area contributed by atoms with Crippen molar-refractivity contribution in [3.8, 4) is 5.75 Å². The van der Waals surface area contributed by atoms with Gasteiger partial charge in [0.2, 0.25) is 11.8 Å². The number of ether oxygens (including phenoxy) is 1. The molecule has 4 aromatic rings. The van der Waals surface area contributed by atoms with Crippen molar-refractivity contribution < 1.29 is 24.2 Å². The Bertz CT molecular complexity index is 1370. The predicted molar refractivity (Wildman–Crippen MR) is 151 cm³/mol. The molecule has 4 N–H and O–H groups in total. The second-order valence-corrected chi connectivity index (χ2v) is 9.07. The lowest BCUT2D eigenvalue weighted by Gasteiger charge is -2.23. The first-order valence-corrected chi connectivity index (χ1v) is 12.7. The smallest absolute Gasteiger partial charge is 0.410 e. The summed E-state index contributed by atoms with van der Waals surface area (Å²) in [5, 5.41) is 17.0. The molecule has 0 radical (unpaired) electrons. The lowest BCUT2D eigenvalue weighted by atomic mass is 9.90. The summed E-state index contributed by atoms with van der Waals surface area (Å²) in [7, 11) is 1.58. The minimum atomic E-state index is -1.23. The molecular weight excluding hydrogens is 508 g/mol. The summed E-state index contributed by atoms with van der Waals surface area (Å²) in [4.78, 5) is 42.2. The molecule has 204 valence electrons. The van der Waals surface area contributed by atoms with Crippen molar-refractivity contribution in [1.29, 1.82) is 0 Å². The highest BCUT2D eigenvalue weighted by atomic mass is 16.5. The molecule has 0 saturated heterocycles. The standard InChI is InChI=1S/C31H30N4O5/c1-40-25-15-12-21(13-16-25)19-33-29(36)26(18-22-14-17-27(32-20-22)35-31(38)39)34-30(37)28(23-8-4-2-5-9-23)24-10-6-3-7-11-24/h2-17,20,26,28H,18-19H2,1H3,(H,32,35)(H,33,36)(H,34,37)(H,38,39). The molecule has 0 aliphatic rings. The molecule has 0 fully saturated rings. The summed E-state index contributed by atoms with van der Waals surface area (Å²) >= 11 is 0. The quantitative estimate of drug-likeness (QED) is 0.225. The van der Waals surface area contributed by atoms with Crippen molar-refractivity contribution in [2.24, 2.45) is 0 Å². The fraction of sp³-hybridized carbons (Fsp3) is 0.161. The topological polar surface area (TPSA) is 130 Å². The van der Waals surface area contributed by atoms with Crippen LogP contribution < -0.4 is 20.7 Å². The first-order valence-electron chi connectivity index (χ1n) is 12.7. The number of carbonyl (C=O) groups is 3. The van der Waals surface area contributed by atoms with E-state index in [4.69, 9.17) is 9.84 Å². The SMILES string of the molecule is COc1ccc(CNC(=O)C(Cc2ccc(NC(=O)O)nc2)NC(=O)C(c2ccccc2)c2ccccc2)cc1. The minimum absolute atomic E-state index is 0.150. The molecule has 0 spiro atoms. The second kappa shape index (κ2) is 13.6. The zero-order chi connectivity index (χ0) is 28.3. The largest absolute Gasteiger partial charge is 0.497 e. The van der Waals surface area contributed by atoms with Gasteiger partial charge in [0.05, 0.1) is 13.0 Å². The number of aromatic nitrogens is 1. The summed E-state index contributed by atoms with van der Waals surface area (Å²) in [5.74, 6) is -0.439. The van der Waals surface area contributed by atoms with Gasteiger partial charge in [0, 0.05) is 19.2 Å². The van der Waals surface area contributed by atoms with Crippen molar-refractivity contribution >= 4 is 23.7 Å². The maximum Gasteiger partial charge on any atom is 0.410 e. The fourth-order valence-corrected chi connectivity index (χ4v) is 4.27. The first-order chi connectivity index (χ1) is 19.4. The molecule has 0 aliphatic heterocycles. The monoisotopic (exact) mass is 538 g/mol. The molecule has 1 atom stereocenters. The lowest BCUT2D eigenvalue weighted by Crippen LogP contribution is -2.49. The van der Waals surface area contributed by atoms with Crippen molar-refractivity contribution in [3.63, 3.8) is 0 Å². The number of carbonyl (C=O) groups excluding carboxylic acids is 2. The molecule has 3 amide bonds. The second-order valence-electron chi connectivity index (χ2n) is 9.07. The van der Waals surface area contributed by atoms with E-state index in [0.717, 1.165) is 16.7 Å². The third-order valence-corrected chi connectivity index (χ3v) is 6.29. The van der Waals surface area contributed by atoms with E-state index in [-0.39, 0.29) is 30.6 Å². The van der Waals surface area contributed by atoms with Crippen LogP contribution in [0.15, 0.2) is 103 Å². The van der Waals surface area contributed by atoms with Crippen LogP contribution in [0.4, 0.5) is 10.6 Å². The van der Waals surface area contributed by atoms with Crippen molar-refractivity contribution in [1.82, 2.24) is 15.6 Å². The maximum atomic E-state index is 13.8. The number of rotatable bonds is 11. The van der Waals surface area contributed by atoms with E-state index in [9.17, 15) is 14.4 Å². The minimum Gasteiger partial charge on any atom is -0.497 e. The highest BCUT2D eigenvalue weighted by Crippen LogP contribution is 2.25. The molecule has 0 bridgehead atoms. The highest BCUT2D eigenvalue weighted by Gasteiger charge is 2.28. The molecule has 4 rings (SSSR count). The number of benzene rings is 3. The van der Waals surface area contributed by atoms with Gasteiger partial charge in [-0.25, -0.2) is 9.78 Å². The third-order valence-electron chi connectivity index (χ3n) is 6.29. The van der Waals surface area contributed by atoms with Crippen LogP contribution in [0.25, 0.3) is 0 Å². The average Bonchev–Trinajstić information content (AvgIpc) is 2.98. The summed E-state index contributed by atoms with van der Waals surface area (Å²) < 4.78 is 5.19. The molecule has 3 aromatic carbocycles. The van der Waals surface area contributed by atoms with E-state index >= 15 is 0 Å². The molecule has 0 saturated carbocycles. The van der Waals surface area contributed by atoms with E-state index in [1.807, 2.05) is 84.9 Å². The number of hydrogen-bond donors (Lipinski definition) is 4. The molecular formula is C31H30N4O5. The van der Waals surface area contributed by atoms with Gasteiger partial charge < -0.3 is 20.5 Å². The molecule has 9 heteroatoms. The first kappa shape index (κ1) is 27.8. The number of carboxylic acid groups (broad SMARTS) is 1. The van der Waals surface area contributed by atoms with E-state index in [0.29, 0.717) is 11.3 Å². The lowest BCUT2D eigenvalue weighted by molar-refractivity contribution is -0.129. The van der Waals surface area contributed by atoms with Crippen molar-refractivity contribution in [2.45, 2.75) is 24.9 Å². The van der Waals surface area contributed by atoms with Crippen molar-refractivity contribution in [3.05, 3.63) is 126 Å². The van der Waals surface area contributed by atoms with Crippen LogP contribution >= 0.6 is 0 Å². The number of pyridine rings is 1. The zero-order valence-corrected chi connectivity index (χ0v) is 21.9. The van der Waals surface area contributed by atoms with Gasteiger partial charge in [0.15, 0.2) is 0 Å². The predicted octanol–water partition coefficient (Wildman–Crippen LogP) is 4.36. The summed E-state index contributed by atoms with van der Waals surface area (Å²) in [6.45, 7) is 0.260. The number of methoxy groups -OCH3 is 1. The van der Waals surface area contributed by atoms with E-state index in [1.165, 1.54) is 12.3 Å². The number of anilines is 1. The van der Waals surface area contributed by atoms with Gasteiger partial charge in [-0.05, 0) is 40.5 Å². The van der Waals surface area contributed by atoms with E-state index < -0.39 is 18.1 Å². The van der Waals surface area contributed by atoms with Crippen LogP contribution in [0, 0.1) is 0 Å². The Morgan fingerprint density at radius 1 is 0.800 bits per heavy atom. The van der Waals surface area contributed by atoms with E-state index in [2.05, 4.69) is 20.9 Å². The molecule has 0 aliphatic carbocycles. The molecule has 1 heterocycles. The molecule has 9 nitrogen and oxygen atoms in total. The Morgan fingerprint density at radius 2 is 1.40 bits per heavy atom. The maximum absolute atomic E-state index is 13.8. The van der Waals surface area contributed by atoms with Crippen LogP contribution in [-0.4, -0.2) is 41.1 Å². The molecule has 1 aromatic heterocycles. The Kier molecular flexibility index (Phi) is 9.44. The highest BCUT2D eigenvalue weighted by molar-refractivity contribution is 5.92.